The molecule has 0 saturated heterocycles. The number of carbonyl (C=O) groups excluding carboxylic acids is 1. The van der Waals surface area contributed by atoms with Crippen molar-refractivity contribution in [3.63, 3.8) is 0 Å². The first-order valence-electron chi connectivity index (χ1n) is 9.36. The number of sulfonamides is 1. The minimum atomic E-state index is -3.71. The van der Waals surface area contributed by atoms with Gasteiger partial charge in [-0.05, 0) is 37.6 Å². The molecule has 0 fully saturated rings. The zero-order valence-corrected chi connectivity index (χ0v) is 19.0. The van der Waals surface area contributed by atoms with Gasteiger partial charge in [0.15, 0.2) is 5.13 Å². The van der Waals surface area contributed by atoms with Gasteiger partial charge in [0.25, 0.3) is 10.0 Å². The Labute approximate surface area is 185 Å². The molecule has 0 aliphatic heterocycles. The lowest BCUT2D eigenvalue weighted by Crippen LogP contribution is -2.14. The van der Waals surface area contributed by atoms with Gasteiger partial charge in [-0.1, -0.05) is 17.7 Å². The number of aromatic nitrogens is 1. The summed E-state index contributed by atoms with van der Waals surface area (Å²) in [5, 5.41) is 4.78. The Bertz CT molecular complexity index is 1160. The average molecular weight is 462 g/mol. The van der Waals surface area contributed by atoms with E-state index in [1.165, 1.54) is 18.4 Å². The van der Waals surface area contributed by atoms with Crippen molar-refractivity contribution in [2.45, 2.75) is 24.7 Å². The van der Waals surface area contributed by atoms with Gasteiger partial charge < -0.3 is 14.8 Å². The summed E-state index contributed by atoms with van der Waals surface area (Å²) in [5.41, 5.74) is 2.11. The summed E-state index contributed by atoms with van der Waals surface area (Å²) in [4.78, 5) is 16.8. The minimum Gasteiger partial charge on any atom is -0.497 e. The minimum absolute atomic E-state index is 0.168. The Hall–Kier alpha value is -3.11. The molecule has 1 amide bonds. The number of hydrogen-bond acceptors (Lipinski definition) is 7. The van der Waals surface area contributed by atoms with Crippen LogP contribution in [0.5, 0.6) is 11.5 Å². The fourth-order valence-electron chi connectivity index (χ4n) is 2.73. The third kappa shape index (κ3) is 5.96. The normalized spacial score (nSPS) is 11.1. The molecule has 0 unspecified atom stereocenters. The maximum absolute atomic E-state index is 12.5. The first kappa shape index (κ1) is 22.6. The van der Waals surface area contributed by atoms with Crippen molar-refractivity contribution < 1.29 is 22.7 Å². The van der Waals surface area contributed by atoms with Gasteiger partial charge in [-0.15, -0.1) is 11.3 Å². The topological polar surface area (TPSA) is 107 Å². The van der Waals surface area contributed by atoms with Crippen LogP contribution in [-0.4, -0.2) is 33.5 Å². The van der Waals surface area contributed by atoms with Crippen molar-refractivity contribution in [2.75, 3.05) is 24.3 Å². The summed E-state index contributed by atoms with van der Waals surface area (Å²) in [6, 6.07) is 11.7. The summed E-state index contributed by atoms with van der Waals surface area (Å²) in [5.74, 6) is 0.901. The molecule has 2 aromatic carbocycles. The van der Waals surface area contributed by atoms with Gasteiger partial charge in [-0.2, -0.15) is 0 Å². The van der Waals surface area contributed by atoms with Crippen LogP contribution < -0.4 is 19.5 Å². The Kier molecular flexibility index (Phi) is 7.13. The predicted molar refractivity (Wildman–Crippen MR) is 121 cm³/mol. The number of aryl methyl sites for hydroxylation is 2. The van der Waals surface area contributed by atoms with Gasteiger partial charge in [0.05, 0.1) is 30.5 Å². The number of amides is 1. The molecule has 2 N–H and O–H groups in total. The average Bonchev–Trinajstić information content (AvgIpc) is 3.19. The molecule has 10 heteroatoms. The van der Waals surface area contributed by atoms with E-state index in [4.69, 9.17) is 9.47 Å². The largest absolute Gasteiger partial charge is 0.497 e. The monoisotopic (exact) mass is 461 g/mol. The lowest BCUT2D eigenvalue weighted by atomic mass is 10.2. The molecule has 0 aliphatic carbocycles. The zero-order chi connectivity index (χ0) is 22.4. The molecule has 0 radical (unpaired) electrons. The van der Waals surface area contributed by atoms with Gasteiger partial charge in [-0.25, -0.2) is 13.4 Å². The van der Waals surface area contributed by atoms with Crippen LogP contribution >= 0.6 is 11.3 Å². The Morgan fingerprint density at radius 1 is 1.10 bits per heavy atom. The van der Waals surface area contributed by atoms with E-state index >= 15 is 0 Å². The van der Waals surface area contributed by atoms with Gasteiger partial charge in [0.2, 0.25) is 5.91 Å². The highest BCUT2D eigenvalue weighted by Gasteiger charge is 2.16. The van der Waals surface area contributed by atoms with Crippen LogP contribution in [0, 0.1) is 6.92 Å². The van der Waals surface area contributed by atoms with Gasteiger partial charge in [-0.3, -0.25) is 9.52 Å². The summed E-state index contributed by atoms with van der Waals surface area (Å²) in [6.07, 6.45) is 0.537. The van der Waals surface area contributed by atoms with Gasteiger partial charge in [0, 0.05) is 17.9 Å². The molecule has 1 heterocycles. The highest BCUT2D eigenvalue weighted by Crippen LogP contribution is 2.29. The van der Waals surface area contributed by atoms with Crippen LogP contribution in [0.1, 0.15) is 17.7 Å². The first-order chi connectivity index (χ1) is 14.8. The third-order valence-corrected chi connectivity index (χ3v) is 6.68. The van der Waals surface area contributed by atoms with Crippen LogP contribution in [0.2, 0.25) is 0 Å². The maximum Gasteiger partial charge on any atom is 0.263 e. The molecule has 1 aromatic heterocycles. The number of benzene rings is 2. The summed E-state index contributed by atoms with van der Waals surface area (Å²) in [7, 11) is -0.648. The van der Waals surface area contributed by atoms with Crippen LogP contribution in [0.4, 0.5) is 10.8 Å². The molecule has 164 valence electrons. The Morgan fingerprint density at radius 3 is 2.52 bits per heavy atom. The number of thiazole rings is 1. The number of nitrogens with one attached hydrogen (secondary N) is 2. The van der Waals surface area contributed by atoms with Crippen LogP contribution in [0.3, 0.4) is 0 Å². The summed E-state index contributed by atoms with van der Waals surface area (Å²) < 4.78 is 37.9. The van der Waals surface area contributed by atoms with E-state index < -0.39 is 10.0 Å². The second kappa shape index (κ2) is 9.80. The molecule has 0 atom stereocenters. The van der Waals surface area contributed by atoms with E-state index in [0.29, 0.717) is 29.3 Å². The van der Waals surface area contributed by atoms with Crippen molar-refractivity contribution in [1.29, 1.82) is 0 Å². The smallest absolute Gasteiger partial charge is 0.263 e. The third-order valence-electron chi connectivity index (χ3n) is 4.39. The van der Waals surface area contributed by atoms with E-state index in [1.807, 2.05) is 6.92 Å². The molecule has 3 aromatic rings. The lowest BCUT2D eigenvalue weighted by molar-refractivity contribution is -0.116. The number of ether oxygens (including phenoxy) is 2. The Balaban J connectivity index is 1.59. The molecule has 31 heavy (non-hydrogen) atoms. The van der Waals surface area contributed by atoms with Crippen molar-refractivity contribution in [2.24, 2.45) is 0 Å². The van der Waals surface area contributed by atoms with E-state index in [9.17, 15) is 13.2 Å². The van der Waals surface area contributed by atoms with E-state index in [1.54, 1.807) is 55.0 Å². The van der Waals surface area contributed by atoms with Gasteiger partial charge in [0.1, 0.15) is 11.5 Å². The maximum atomic E-state index is 12.5. The van der Waals surface area contributed by atoms with Crippen LogP contribution in [-0.2, 0) is 21.2 Å². The fourth-order valence-corrected chi connectivity index (χ4v) is 4.72. The molecule has 0 aliphatic rings. The quantitative estimate of drug-likeness (QED) is 0.501. The van der Waals surface area contributed by atoms with Crippen molar-refractivity contribution in [3.05, 3.63) is 59.1 Å². The van der Waals surface area contributed by atoms with Crippen LogP contribution in [0.15, 0.2) is 52.7 Å². The number of methoxy groups -OCH3 is 2. The fraction of sp³-hybridized carbons (Fsp3) is 0.238. The number of rotatable bonds is 9. The first-order valence-corrected chi connectivity index (χ1v) is 11.7. The van der Waals surface area contributed by atoms with Gasteiger partial charge >= 0.3 is 0 Å². The molecular formula is C21H23N3O5S2. The van der Waals surface area contributed by atoms with E-state index in [2.05, 4.69) is 15.0 Å². The summed E-state index contributed by atoms with van der Waals surface area (Å²) >= 11 is 1.17. The Morgan fingerprint density at radius 2 is 1.84 bits per heavy atom. The van der Waals surface area contributed by atoms with Crippen molar-refractivity contribution in [1.82, 2.24) is 4.98 Å². The van der Waals surface area contributed by atoms with E-state index in [0.717, 1.165) is 5.56 Å². The lowest BCUT2D eigenvalue weighted by Gasteiger charge is -2.11. The predicted octanol–water partition coefficient (Wildman–Crippen LogP) is 3.84. The zero-order valence-electron chi connectivity index (χ0n) is 17.3. The molecular weight excluding hydrogens is 438 g/mol. The molecule has 0 spiro atoms. The molecule has 0 saturated carbocycles. The highest BCUT2D eigenvalue weighted by atomic mass is 32.2. The highest BCUT2D eigenvalue weighted by molar-refractivity contribution is 7.93. The molecule has 0 bridgehead atoms. The second-order valence-corrected chi connectivity index (χ2v) is 9.22. The van der Waals surface area contributed by atoms with Crippen molar-refractivity contribution in [3.8, 4) is 11.5 Å². The number of nitrogens with zero attached hydrogens (tertiary/aromatic N) is 1. The number of carbonyl (C=O) groups is 1. The molecule has 8 nitrogen and oxygen atoms in total. The standard InChI is InChI=1S/C21H23N3O5S2/c1-14-4-8-17(9-5-14)31(26,27)24-21-22-15(13-30-21)6-11-20(25)23-18-12-16(28-2)7-10-19(18)29-3/h4-5,7-10,12-13H,6,11H2,1-3H3,(H,22,24)(H,23,25). The molecule has 3 rings (SSSR count). The number of anilines is 2. The number of hydrogen-bond donors (Lipinski definition) is 2. The van der Waals surface area contributed by atoms with Crippen molar-refractivity contribution >= 4 is 38.1 Å². The van der Waals surface area contributed by atoms with E-state index in [-0.39, 0.29) is 22.4 Å². The SMILES string of the molecule is COc1ccc(OC)c(NC(=O)CCc2csc(NS(=O)(=O)c3ccc(C)cc3)n2)c1. The second-order valence-electron chi connectivity index (χ2n) is 6.68. The summed E-state index contributed by atoms with van der Waals surface area (Å²) in [6.45, 7) is 1.89. The van der Waals surface area contributed by atoms with Crippen LogP contribution in [0.25, 0.3) is 0 Å².